The van der Waals surface area contributed by atoms with Gasteiger partial charge >= 0.3 is 0 Å². The molecule has 21 heavy (non-hydrogen) atoms. The number of nitrogens with zero attached hydrogens (tertiary/aromatic N) is 3. The van der Waals surface area contributed by atoms with Gasteiger partial charge in [0.1, 0.15) is 5.54 Å². The van der Waals surface area contributed by atoms with Crippen molar-refractivity contribution in [2.24, 2.45) is 0 Å². The van der Waals surface area contributed by atoms with Gasteiger partial charge in [0.15, 0.2) is 0 Å². The molecule has 4 heteroatoms. The van der Waals surface area contributed by atoms with Crippen molar-refractivity contribution in [2.75, 3.05) is 39.3 Å². The van der Waals surface area contributed by atoms with Crippen molar-refractivity contribution >= 4 is 0 Å². The van der Waals surface area contributed by atoms with E-state index >= 15 is 0 Å². The van der Waals surface area contributed by atoms with Crippen molar-refractivity contribution in [3.8, 4) is 6.07 Å². The molecule has 2 rings (SSSR count). The van der Waals surface area contributed by atoms with E-state index in [0.29, 0.717) is 0 Å². The monoisotopic (exact) mass is 292 g/mol. The van der Waals surface area contributed by atoms with Crippen LogP contribution in [0.1, 0.15) is 52.4 Å². The van der Waals surface area contributed by atoms with Gasteiger partial charge in [0.25, 0.3) is 0 Å². The van der Waals surface area contributed by atoms with E-state index in [0.717, 1.165) is 38.4 Å². The number of nitriles is 1. The van der Waals surface area contributed by atoms with Crippen molar-refractivity contribution in [1.82, 2.24) is 15.1 Å². The lowest BCUT2D eigenvalue weighted by Crippen LogP contribution is -2.44. The number of hydrogen-bond acceptors (Lipinski definition) is 4. The van der Waals surface area contributed by atoms with Gasteiger partial charge in [-0.25, -0.2) is 0 Å². The molecule has 2 fully saturated rings. The molecule has 0 aromatic carbocycles. The van der Waals surface area contributed by atoms with Crippen LogP contribution in [0.4, 0.5) is 0 Å². The molecule has 0 aromatic rings. The predicted molar refractivity (Wildman–Crippen MR) is 87.2 cm³/mol. The molecule has 0 bridgehead atoms. The number of fused-ring (bicyclic) bond motifs is 1. The normalized spacial score (nSPS) is 26.8. The highest BCUT2D eigenvalue weighted by Gasteiger charge is 2.29. The topological polar surface area (TPSA) is 42.3 Å². The summed E-state index contributed by atoms with van der Waals surface area (Å²) in [6.07, 6.45) is 7.06. The molecule has 0 saturated carbocycles. The van der Waals surface area contributed by atoms with Gasteiger partial charge in [0.2, 0.25) is 0 Å². The lowest BCUT2D eigenvalue weighted by Gasteiger charge is -2.29. The minimum Gasteiger partial charge on any atom is -0.302 e. The maximum atomic E-state index is 9.48. The van der Waals surface area contributed by atoms with Gasteiger partial charge < -0.3 is 4.90 Å². The minimum atomic E-state index is -0.306. The summed E-state index contributed by atoms with van der Waals surface area (Å²) >= 11 is 0. The van der Waals surface area contributed by atoms with E-state index < -0.39 is 0 Å². The molecular weight excluding hydrogens is 260 g/mol. The van der Waals surface area contributed by atoms with Crippen LogP contribution in [-0.2, 0) is 0 Å². The third-order valence-electron chi connectivity index (χ3n) is 5.30. The molecule has 2 aliphatic heterocycles. The maximum absolute atomic E-state index is 9.48. The summed E-state index contributed by atoms with van der Waals surface area (Å²) < 4.78 is 0. The van der Waals surface area contributed by atoms with E-state index in [-0.39, 0.29) is 5.54 Å². The molecule has 0 radical (unpaired) electrons. The first-order valence-electron chi connectivity index (χ1n) is 8.85. The second-order valence-electron chi connectivity index (χ2n) is 6.67. The van der Waals surface area contributed by atoms with E-state index in [1.165, 1.54) is 45.4 Å². The lowest BCUT2D eigenvalue weighted by molar-refractivity contribution is 0.213. The standard InChI is InChI=1S/C17H32N4/c1-3-17(15-18,19-4-2)9-6-10-20-11-7-13-21-12-5-8-16(21)14-20/h16,19H,3-14H2,1-2H3. The van der Waals surface area contributed by atoms with Crippen LogP contribution in [0.25, 0.3) is 0 Å². The average Bonchev–Trinajstić information content (AvgIpc) is 2.85. The van der Waals surface area contributed by atoms with Crippen molar-refractivity contribution in [3.05, 3.63) is 0 Å². The largest absolute Gasteiger partial charge is 0.302 e. The first-order chi connectivity index (χ1) is 10.2. The zero-order chi connectivity index (χ0) is 15.1. The summed E-state index contributed by atoms with van der Waals surface area (Å²) in [4.78, 5) is 5.32. The van der Waals surface area contributed by atoms with Crippen LogP contribution >= 0.6 is 0 Å². The Labute approximate surface area is 130 Å². The summed E-state index contributed by atoms with van der Waals surface area (Å²) in [5, 5.41) is 12.9. The molecule has 0 spiro atoms. The van der Waals surface area contributed by atoms with Gasteiger partial charge in [-0.1, -0.05) is 13.8 Å². The van der Waals surface area contributed by atoms with Crippen LogP contribution in [0.5, 0.6) is 0 Å². The third-order valence-corrected chi connectivity index (χ3v) is 5.30. The highest BCUT2D eigenvalue weighted by Crippen LogP contribution is 2.22. The molecule has 2 unspecified atom stereocenters. The lowest BCUT2D eigenvalue weighted by atomic mass is 9.92. The fourth-order valence-corrected chi connectivity index (χ4v) is 3.99. The van der Waals surface area contributed by atoms with Crippen molar-refractivity contribution in [2.45, 2.75) is 64.0 Å². The van der Waals surface area contributed by atoms with Crippen LogP contribution in [-0.4, -0.2) is 60.6 Å². The molecule has 0 amide bonds. The number of nitrogens with one attached hydrogen (secondary N) is 1. The Hall–Kier alpha value is -0.630. The van der Waals surface area contributed by atoms with E-state index in [1.54, 1.807) is 0 Å². The van der Waals surface area contributed by atoms with Crippen molar-refractivity contribution in [1.29, 1.82) is 5.26 Å². The Balaban J connectivity index is 1.78. The minimum absolute atomic E-state index is 0.306. The van der Waals surface area contributed by atoms with Crippen LogP contribution in [0.3, 0.4) is 0 Å². The summed E-state index contributed by atoms with van der Waals surface area (Å²) in [6, 6.07) is 3.31. The van der Waals surface area contributed by atoms with Crippen LogP contribution < -0.4 is 5.32 Å². The highest BCUT2D eigenvalue weighted by molar-refractivity contribution is 5.06. The van der Waals surface area contributed by atoms with E-state index in [1.807, 2.05) is 0 Å². The van der Waals surface area contributed by atoms with E-state index in [4.69, 9.17) is 0 Å². The molecule has 0 aliphatic carbocycles. The summed E-state index contributed by atoms with van der Waals surface area (Å²) in [5.41, 5.74) is -0.306. The van der Waals surface area contributed by atoms with E-state index in [2.05, 4.69) is 35.0 Å². The quantitative estimate of drug-likeness (QED) is 0.781. The Kier molecular flexibility index (Phi) is 6.47. The van der Waals surface area contributed by atoms with Gasteiger partial charge in [0, 0.05) is 12.6 Å². The molecular formula is C17H32N4. The molecule has 120 valence electrons. The number of hydrogen-bond donors (Lipinski definition) is 1. The van der Waals surface area contributed by atoms with Gasteiger partial charge in [-0.05, 0) is 71.2 Å². The number of rotatable bonds is 7. The van der Waals surface area contributed by atoms with Gasteiger partial charge in [-0.3, -0.25) is 10.2 Å². The van der Waals surface area contributed by atoms with Crippen LogP contribution in [0.2, 0.25) is 0 Å². The zero-order valence-corrected chi connectivity index (χ0v) is 13.9. The predicted octanol–water partition coefficient (Wildman–Crippen LogP) is 2.22. The van der Waals surface area contributed by atoms with Gasteiger partial charge in [-0.15, -0.1) is 0 Å². The average molecular weight is 292 g/mol. The van der Waals surface area contributed by atoms with Crippen molar-refractivity contribution in [3.63, 3.8) is 0 Å². The molecule has 2 aliphatic rings. The Morgan fingerprint density at radius 1 is 1.24 bits per heavy atom. The van der Waals surface area contributed by atoms with Gasteiger partial charge in [-0.2, -0.15) is 5.26 Å². The summed E-state index contributed by atoms with van der Waals surface area (Å²) in [6.45, 7) is 11.3. The Bertz CT molecular complexity index is 351. The highest BCUT2D eigenvalue weighted by atomic mass is 15.3. The van der Waals surface area contributed by atoms with Crippen LogP contribution in [0.15, 0.2) is 0 Å². The third kappa shape index (κ3) is 4.42. The van der Waals surface area contributed by atoms with Crippen molar-refractivity contribution < 1.29 is 0 Å². The fourth-order valence-electron chi connectivity index (χ4n) is 3.99. The maximum Gasteiger partial charge on any atom is 0.106 e. The SMILES string of the molecule is CCNC(C#N)(CC)CCCN1CCCN2CCCC2C1. The molecule has 4 nitrogen and oxygen atoms in total. The first kappa shape index (κ1) is 16.7. The smallest absolute Gasteiger partial charge is 0.106 e. The molecule has 2 saturated heterocycles. The Morgan fingerprint density at radius 3 is 2.76 bits per heavy atom. The van der Waals surface area contributed by atoms with E-state index in [9.17, 15) is 5.26 Å². The second-order valence-corrected chi connectivity index (χ2v) is 6.67. The summed E-state index contributed by atoms with van der Waals surface area (Å²) in [7, 11) is 0. The molecule has 0 aromatic heterocycles. The zero-order valence-electron chi connectivity index (χ0n) is 13.9. The fraction of sp³-hybridized carbons (Fsp3) is 0.941. The second kappa shape index (κ2) is 8.12. The van der Waals surface area contributed by atoms with Crippen LogP contribution in [0, 0.1) is 11.3 Å². The molecule has 2 heterocycles. The first-order valence-corrected chi connectivity index (χ1v) is 8.85. The molecule has 1 N–H and O–H groups in total. The summed E-state index contributed by atoms with van der Waals surface area (Å²) in [5.74, 6) is 0. The van der Waals surface area contributed by atoms with Gasteiger partial charge in [0.05, 0.1) is 6.07 Å². The Morgan fingerprint density at radius 2 is 2.05 bits per heavy atom. The molecule has 2 atom stereocenters.